The largest absolute Gasteiger partial charge is 0.479 e. The summed E-state index contributed by atoms with van der Waals surface area (Å²) in [6.45, 7) is 2.91. The van der Waals surface area contributed by atoms with Gasteiger partial charge in [0, 0.05) is 25.4 Å². The number of fused-ring (bicyclic) bond motifs is 2. The minimum atomic E-state index is -0.974. The summed E-state index contributed by atoms with van der Waals surface area (Å²) in [6.07, 6.45) is 2.06. The minimum absolute atomic E-state index is 0.333. The zero-order valence-corrected chi connectivity index (χ0v) is 7.98. The first kappa shape index (κ1) is 9.45. The SMILES string of the molecule is O=C(O)CON=C1CCN2CCC1C2. The molecule has 0 aliphatic carbocycles. The third-order valence-electron chi connectivity index (χ3n) is 2.80. The van der Waals surface area contributed by atoms with Gasteiger partial charge in [-0.2, -0.15) is 0 Å². The fourth-order valence-electron chi connectivity index (χ4n) is 2.08. The molecule has 2 heterocycles. The molecule has 2 unspecified atom stereocenters. The zero-order valence-electron chi connectivity index (χ0n) is 7.98. The lowest BCUT2D eigenvalue weighted by molar-refractivity contribution is -0.142. The van der Waals surface area contributed by atoms with Gasteiger partial charge in [-0.05, 0) is 13.0 Å². The Morgan fingerprint density at radius 1 is 1.64 bits per heavy atom. The van der Waals surface area contributed by atoms with Crippen LogP contribution in [-0.2, 0) is 9.63 Å². The zero-order chi connectivity index (χ0) is 9.97. The van der Waals surface area contributed by atoms with E-state index in [1.54, 1.807) is 0 Å². The molecule has 2 rings (SSSR count). The Morgan fingerprint density at radius 2 is 2.50 bits per heavy atom. The van der Waals surface area contributed by atoms with Crippen LogP contribution in [0.3, 0.4) is 0 Å². The fraction of sp³-hybridized carbons (Fsp3) is 0.778. The van der Waals surface area contributed by atoms with E-state index in [4.69, 9.17) is 9.94 Å². The van der Waals surface area contributed by atoms with Gasteiger partial charge >= 0.3 is 5.97 Å². The number of carbonyl (C=O) groups is 1. The molecule has 5 heteroatoms. The first-order valence-electron chi connectivity index (χ1n) is 4.88. The summed E-state index contributed by atoms with van der Waals surface area (Å²) in [5.41, 5.74) is 1.04. The molecule has 0 spiro atoms. The van der Waals surface area contributed by atoms with Gasteiger partial charge < -0.3 is 14.8 Å². The van der Waals surface area contributed by atoms with E-state index in [0.29, 0.717) is 5.92 Å². The number of piperidine rings is 1. The van der Waals surface area contributed by atoms with Crippen LogP contribution in [0.1, 0.15) is 12.8 Å². The van der Waals surface area contributed by atoms with Crippen molar-refractivity contribution < 1.29 is 14.7 Å². The van der Waals surface area contributed by atoms with Gasteiger partial charge in [-0.15, -0.1) is 0 Å². The van der Waals surface area contributed by atoms with Gasteiger partial charge in [-0.3, -0.25) is 0 Å². The average molecular weight is 198 g/mol. The van der Waals surface area contributed by atoms with Crippen molar-refractivity contribution in [2.24, 2.45) is 11.1 Å². The van der Waals surface area contributed by atoms with Crippen molar-refractivity contribution in [2.45, 2.75) is 12.8 Å². The number of hydrogen-bond acceptors (Lipinski definition) is 4. The molecule has 2 atom stereocenters. The Labute approximate surface area is 82.3 Å². The van der Waals surface area contributed by atoms with Crippen LogP contribution in [0, 0.1) is 5.92 Å². The van der Waals surface area contributed by atoms with Crippen LogP contribution >= 0.6 is 0 Å². The molecule has 2 bridgehead atoms. The second-order valence-corrected chi connectivity index (χ2v) is 3.79. The highest BCUT2D eigenvalue weighted by Gasteiger charge is 2.31. The molecular weight excluding hydrogens is 184 g/mol. The fourth-order valence-corrected chi connectivity index (χ4v) is 2.08. The maximum absolute atomic E-state index is 10.2. The normalized spacial score (nSPS) is 33.3. The van der Waals surface area contributed by atoms with Crippen LogP contribution in [0.4, 0.5) is 0 Å². The molecule has 0 radical (unpaired) electrons. The Kier molecular flexibility index (Phi) is 2.67. The molecule has 0 amide bonds. The maximum Gasteiger partial charge on any atom is 0.344 e. The van der Waals surface area contributed by atoms with E-state index in [1.165, 1.54) is 0 Å². The highest BCUT2D eigenvalue weighted by atomic mass is 16.6. The third-order valence-corrected chi connectivity index (χ3v) is 2.80. The number of oxime groups is 1. The average Bonchev–Trinajstić information content (AvgIpc) is 2.52. The summed E-state index contributed by atoms with van der Waals surface area (Å²) in [6, 6.07) is 0. The second kappa shape index (κ2) is 3.96. The molecule has 0 aromatic carbocycles. The molecule has 0 saturated carbocycles. The minimum Gasteiger partial charge on any atom is -0.479 e. The van der Waals surface area contributed by atoms with Crippen LogP contribution in [-0.4, -0.2) is 47.9 Å². The number of nitrogens with zero attached hydrogens (tertiary/aromatic N) is 2. The lowest BCUT2D eigenvalue weighted by atomic mass is 9.98. The summed E-state index contributed by atoms with van der Waals surface area (Å²) in [5.74, 6) is -0.476. The molecule has 0 aromatic rings. The van der Waals surface area contributed by atoms with Crippen molar-refractivity contribution in [1.82, 2.24) is 4.90 Å². The van der Waals surface area contributed by atoms with Crippen molar-refractivity contribution >= 4 is 11.7 Å². The van der Waals surface area contributed by atoms with E-state index in [-0.39, 0.29) is 6.61 Å². The van der Waals surface area contributed by atoms with E-state index in [1.807, 2.05) is 0 Å². The van der Waals surface area contributed by atoms with Crippen molar-refractivity contribution in [3.8, 4) is 0 Å². The number of rotatable bonds is 3. The van der Waals surface area contributed by atoms with E-state index >= 15 is 0 Å². The van der Waals surface area contributed by atoms with E-state index < -0.39 is 5.97 Å². The van der Waals surface area contributed by atoms with Gasteiger partial charge in [-0.1, -0.05) is 5.16 Å². The lowest BCUT2D eigenvalue weighted by Crippen LogP contribution is -2.32. The predicted molar refractivity (Wildman–Crippen MR) is 50.2 cm³/mol. The molecule has 2 aliphatic heterocycles. The molecule has 14 heavy (non-hydrogen) atoms. The first-order chi connectivity index (χ1) is 6.75. The monoisotopic (exact) mass is 198 g/mol. The number of carboxylic acids is 1. The first-order valence-corrected chi connectivity index (χ1v) is 4.88. The summed E-state index contributed by atoms with van der Waals surface area (Å²) in [5, 5.41) is 12.3. The highest BCUT2D eigenvalue weighted by Crippen LogP contribution is 2.24. The van der Waals surface area contributed by atoms with Crippen LogP contribution in [0.25, 0.3) is 0 Å². The van der Waals surface area contributed by atoms with Crippen molar-refractivity contribution in [1.29, 1.82) is 0 Å². The van der Waals surface area contributed by atoms with Gasteiger partial charge in [0.15, 0.2) is 0 Å². The molecule has 78 valence electrons. The molecule has 2 aliphatic rings. The quantitative estimate of drug-likeness (QED) is 0.656. The highest BCUT2D eigenvalue weighted by molar-refractivity contribution is 5.87. The Bertz CT molecular complexity index is 265. The van der Waals surface area contributed by atoms with Crippen molar-refractivity contribution in [2.75, 3.05) is 26.2 Å². The van der Waals surface area contributed by atoms with Crippen LogP contribution < -0.4 is 0 Å². The van der Waals surface area contributed by atoms with Crippen molar-refractivity contribution in [3.05, 3.63) is 0 Å². The summed E-state index contributed by atoms with van der Waals surface area (Å²) in [4.78, 5) is 17.4. The number of hydrogen-bond donors (Lipinski definition) is 1. The second-order valence-electron chi connectivity index (χ2n) is 3.79. The predicted octanol–water partition coefficient (Wildman–Crippen LogP) is 0.169. The van der Waals surface area contributed by atoms with Gasteiger partial charge in [-0.25, -0.2) is 4.79 Å². The molecular formula is C9H14N2O3. The molecule has 0 aromatic heterocycles. The maximum atomic E-state index is 10.2. The lowest BCUT2D eigenvalue weighted by Gasteiger charge is -2.22. The van der Waals surface area contributed by atoms with Crippen LogP contribution in [0.15, 0.2) is 5.16 Å². The van der Waals surface area contributed by atoms with Gasteiger partial charge in [0.1, 0.15) is 0 Å². The van der Waals surface area contributed by atoms with E-state index in [0.717, 1.165) is 38.2 Å². The molecule has 1 N–H and O–H groups in total. The molecule has 2 fully saturated rings. The van der Waals surface area contributed by atoms with Crippen LogP contribution in [0.5, 0.6) is 0 Å². The number of aliphatic carboxylic acids is 1. The van der Waals surface area contributed by atoms with Gasteiger partial charge in [0.2, 0.25) is 6.61 Å². The third kappa shape index (κ3) is 2.04. The summed E-state index contributed by atoms with van der Waals surface area (Å²) in [7, 11) is 0. The molecule has 2 saturated heterocycles. The molecule has 5 nitrogen and oxygen atoms in total. The Morgan fingerprint density at radius 3 is 3.29 bits per heavy atom. The van der Waals surface area contributed by atoms with Gasteiger partial charge in [0.05, 0.1) is 5.71 Å². The standard InChI is InChI=1S/C9H14N2O3/c12-9(13)6-14-10-8-2-4-11-3-1-7(8)5-11/h7H,1-6H2,(H,12,13). The smallest absolute Gasteiger partial charge is 0.344 e. The Hall–Kier alpha value is -1.10. The van der Waals surface area contributed by atoms with Crippen molar-refractivity contribution in [3.63, 3.8) is 0 Å². The van der Waals surface area contributed by atoms with Gasteiger partial charge in [0.25, 0.3) is 0 Å². The summed E-state index contributed by atoms with van der Waals surface area (Å²) >= 11 is 0. The Balaban J connectivity index is 1.87. The van der Waals surface area contributed by atoms with E-state index in [2.05, 4.69) is 10.1 Å². The summed E-state index contributed by atoms with van der Waals surface area (Å²) < 4.78 is 0. The van der Waals surface area contributed by atoms with E-state index in [9.17, 15) is 4.79 Å². The van der Waals surface area contributed by atoms with Crippen LogP contribution in [0.2, 0.25) is 0 Å². The number of carboxylic acid groups (broad SMARTS) is 1. The topological polar surface area (TPSA) is 62.1 Å².